The van der Waals surface area contributed by atoms with Crippen LogP contribution in [0.2, 0.25) is 0 Å². The molecule has 0 radical (unpaired) electrons. The van der Waals surface area contributed by atoms with Gasteiger partial charge >= 0.3 is 0 Å². The Morgan fingerprint density at radius 1 is 0.240 bits per heavy atom. The minimum absolute atomic E-state index is 0.578. The summed E-state index contributed by atoms with van der Waals surface area (Å²) in [5.41, 5.74) is 30.0. The molecule has 0 N–H and O–H groups in total. The fourth-order valence-corrected chi connectivity index (χ4v) is 15.9. The molecule has 0 bridgehead atoms. The summed E-state index contributed by atoms with van der Waals surface area (Å²) in [4.78, 5) is 4.98. The molecule has 6 heteroatoms. The third-order valence-electron chi connectivity index (χ3n) is 20.0. The van der Waals surface area contributed by atoms with Crippen LogP contribution in [0.1, 0.15) is 39.2 Å². The molecule has 18 aromatic rings. The second-order valence-electron chi connectivity index (χ2n) is 26.2. The molecule has 5 aromatic heterocycles. The van der Waals surface area contributed by atoms with Crippen LogP contribution < -0.4 is 0 Å². The molecule has 0 aliphatic rings. The van der Waals surface area contributed by atoms with E-state index in [1.165, 1.54) is 65.3 Å². The summed E-state index contributed by atoms with van der Waals surface area (Å²) in [6.07, 6.45) is 0. The van der Waals surface area contributed by atoms with Gasteiger partial charge in [-0.2, -0.15) is 5.26 Å². The maximum atomic E-state index is 12.6. The number of nitrogens with zero attached hydrogens (tertiary/aromatic N) is 6. The van der Waals surface area contributed by atoms with Gasteiger partial charge in [0, 0.05) is 88.4 Å². The molecule has 0 fully saturated rings. The topological polar surface area (TPSA) is 56.4 Å². The summed E-state index contributed by atoms with van der Waals surface area (Å²) in [7, 11) is 0. The molecular weight excluding hydrogens is 1170 g/mol. The van der Waals surface area contributed by atoms with Gasteiger partial charge in [0.2, 0.25) is 0 Å². The summed E-state index contributed by atoms with van der Waals surface area (Å²) < 4.78 is 9.56. The number of hydrogen-bond donors (Lipinski definition) is 0. The highest BCUT2D eigenvalue weighted by atomic mass is 15.0. The molecule has 0 saturated carbocycles. The molecule has 0 unspecified atom stereocenters. The van der Waals surface area contributed by atoms with Gasteiger partial charge in [-0.1, -0.05) is 168 Å². The minimum atomic E-state index is 0.578. The first-order chi connectivity index (χ1) is 47.0. The quantitative estimate of drug-likeness (QED) is 0.145. The molecule has 0 atom stereocenters. The Balaban J connectivity index is 0.950. The first kappa shape index (κ1) is 56.5. The van der Waals surface area contributed by atoms with Crippen molar-refractivity contribution >= 4 is 87.2 Å². The van der Waals surface area contributed by atoms with Crippen LogP contribution in [0.5, 0.6) is 0 Å². The van der Waals surface area contributed by atoms with Gasteiger partial charge < -0.3 is 18.3 Å². The summed E-state index contributed by atoms with van der Waals surface area (Å²) in [6, 6.07) is 106. The van der Waals surface area contributed by atoms with Crippen LogP contribution in [-0.4, -0.2) is 23.3 Å². The van der Waals surface area contributed by atoms with Crippen molar-refractivity contribution in [3.63, 3.8) is 0 Å². The van der Waals surface area contributed by atoms with E-state index in [4.69, 9.17) is 4.98 Å². The van der Waals surface area contributed by atoms with Crippen LogP contribution in [0, 0.1) is 52.9 Å². The molecule has 18 rings (SSSR count). The SMILES string of the molecule is Cc1ccc2c(c1)c1cc(C)ccc1n2-c1ccc(-c2c(-c3ccc(-n4c5ccccc5c5ccccc54)cc3)c(C#N)c(-c3cc(C)nc(C)c3)c(-c3ccc(-n4c5ccccc5c5ccccc54)cc3)c2-c2ccc(-n3c4ccc(C)cc4c4cc(C)ccc43)cc2)cc1. The van der Waals surface area contributed by atoms with Gasteiger partial charge in [-0.3, -0.25) is 4.98 Å². The van der Waals surface area contributed by atoms with Crippen molar-refractivity contribution in [1.82, 2.24) is 23.3 Å². The molecule has 454 valence electrons. The lowest BCUT2D eigenvalue weighted by molar-refractivity contribution is 1.12. The zero-order valence-corrected chi connectivity index (χ0v) is 54.2. The van der Waals surface area contributed by atoms with Gasteiger partial charge in [-0.25, -0.2) is 0 Å². The largest absolute Gasteiger partial charge is 0.309 e. The fraction of sp³-hybridized carbons (Fsp3) is 0.0667. The molecule has 0 aliphatic heterocycles. The van der Waals surface area contributed by atoms with E-state index >= 15 is 0 Å². The Labute approximate surface area is 556 Å². The monoisotopic (exact) mass is 1230 g/mol. The van der Waals surface area contributed by atoms with Gasteiger partial charge in [0.1, 0.15) is 6.07 Å². The van der Waals surface area contributed by atoms with Crippen molar-refractivity contribution in [2.45, 2.75) is 41.5 Å². The molecule has 0 spiro atoms. The number of rotatable bonds is 9. The lowest BCUT2D eigenvalue weighted by Gasteiger charge is -2.27. The van der Waals surface area contributed by atoms with E-state index in [1.807, 2.05) is 0 Å². The third kappa shape index (κ3) is 8.81. The van der Waals surface area contributed by atoms with E-state index in [9.17, 15) is 5.26 Å². The second kappa shape index (κ2) is 21.9. The molecule has 0 saturated heterocycles. The first-order valence-corrected chi connectivity index (χ1v) is 33.1. The summed E-state index contributed by atoms with van der Waals surface area (Å²) in [5.74, 6) is 0. The number of benzene rings is 13. The average molecular weight is 1230 g/mol. The Kier molecular flexibility index (Phi) is 12.9. The molecule has 0 amide bonds. The van der Waals surface area contributed by atoms with Crippen molar-refractivity contribution in [3.8, 4) is 84.5 Å². The molecule has 96 heavy (non-hydrogen) atoms. The van der Waals surface area contributed by atoms with Gasteiger partial charge in [0.25, 0.3) is 0 Å². The smallest absolute Gasteiger partial charge is 0.100 e. The van der Waals surface area contributed by atoms with Gasteiger partial charge in [-0.15, -0.1) is 0 Å². The highest BCUT2D eigenvalue weighted by Gasteiger charge is 2.30. The zero-order chi connectivity index (χ0) is 64.6. The van der Waals surface area contributed by atoms with Crippen molar-refractivity contribution in [2.75, 3.05) is 0 Å². The predicted molar refractivity (Wildman–Crippen MR) is 402 cm³/mol. The average Bonchev–Trinajstić information content (AvgIpc) is 0.971. The van der Waals surface area contributed by atoms with Crippen LogP contribution in [0.3, 0.4) is 0 Å². The lowest BCUT2D eigenvalue weighted by Crippen LogP contribution is -2.04. The fourth-order valence-electron chi connectivity index (χ4n) is 15.9. The highest BCUT2D eigenvalue weighted by molar-refractivity contribution is 6.15. The van der Waals surface area contributed by atoms with E-state index in [0.29, 0.717) is 5.56 Å². The normalized spacial score (nSPS) is 11.8. The second-order valence-corrected chi connectivity index (χ2v) is 26.2. The van der Waals surface area contributed by atoms with E-state index < -0.39 is 0 Å². The molecule has 0 aliphatic carbocycles. The summed E-state index contributed by atoms with van der Waals surface area (Å²) >= 11 is 0. The third-order valence-corrected chi connectivity index (χ3v) is 20.0. The summed E-state index contributed by atoms with van der Waals surface area (Å²) in [6.45, 7) is 12.8. The van der Waals surface area contributed by atoms with Crippen LogP contribution in [0.25, 0.3) is 166 Å². The van der Waals surface area contributed by atoms with Crippen molar-refractivity contribution < 1.29 is 0 Å². The standard InChI is InChI=1S/C90H64N6/c1-54-23-43-82-73(47-54)74-48-55(2)24-44-83(74)95(82)67-39-29-61(30-40-67)88-86(60-27-35-65(36-28-60)93-78-19-11-7-15-69(78)70-16-8-12-20-79(70)93)77(53-91)87(64-51-58(5)92-59(6)52-64)89(62-31-37-66(38-32-62)94-80-21-13-9-17-71(80)72-18-10-14-22-81(72)94)90(88)63-33-41-68(42-34-63)96-84-45-25-56(3)49-75(84)76-50-57(4)26-46-85(76)96/h7-52H,1-6H3. The van der Waals surface area contributed by atoms with Crippen molar-refractivity contribution in [2.24, 2.45) is 0 Å². The Bertz CT molecular complexity index is 6050. The zero-order valence-electron chi connectivity index (χ0n) is 54.2. The maximum absolute atomic E-state index is 12.6. The van der Waals surface area contributed by atoms with Gasteiger partial charge in [-0.05, 0) is 220 Å². The van der Waals surface area contributed by atoms with Crippen LogP contribution >= 0.6 is 0 Å². The maximum Gasteiger partial charge on any atom is 0.100 e. The Morgan fingerprint density at radius 2 is 0.479 bits per heavy atom. The number of aryl methyl sites for hydroxylation is 6. The minimum Gasteiger partial charge on any atom is -0.309 e. The number of para-hydroxylation sites is 4. The number of fused-ring (bicyclic) bond motifs is 12. The van der Waals surface area contributed by atoms with E-state index in [2.05, 4.69) is 345 Å². The molecule has 5 heterocycles. The predicted octanol–water partition coefficient (Wildman–Crippen LogP) is 23.5. The molecule has 13 aromatic carbocycles. The Morgan fingerprint density at radius 3 is 0.760 bits per heavy atom. The van der Waals surface area contributed by atoms with Crippen LogP contribution in [0.4, 0.5) is 0 Å². The number of aromatic nitrogens is 5. The first-order valence-electron chi connectivity index (χ1n) is 33.1. The molecular formula is C90H64N6. The van der Waals surface area contributed by atoms with E-state index in [0.717, 1.165) is 134 Å². The highest BCUT2D eigenvalue weighted by Crippen LogP contribution is 2.54. The summed E-state index contributed by atoms with van der Waals surface area (Å²) in [5, 5.41) is 22.3. The number of pyridine rings is 1. The lowest BCUT2D eigenvalue weighted by atomic mass is 9.75. The number of hydrogen-bond acceptors (Lipinski definition) is 2. The van der Waals surface area contributed by atoms with Gasteiger partial charge in [0.05, 0.1) is 49.7 Å². The van der Waals surface area contributed by atoms with E-state index in [1.54, 1.807) is 0 Å². The van der Waals surface area contributed by atoms with Gasteiger partial charge in [0.15, 0.2) is 0 Å². The van der Waals surface area contributed by atoms with Crippen LogP contribution in [-0.2, 0) is 0 Å². The van der Waals surface area contributed by atoms with Crippen molar-refractivity contribution in [3.05, 3.63) is 318 Å². The number of nitriles is 1. The van der Waals surface area contributed by atoms with Crippen LogP contribution in [0.15, 0.2) is 279 Å². The van der Waals surface area contributed by atoms with Crippen molar-refractivity contribution in [1.29, 1.82) is 5.26 Å². The molecule has 6 nitrogen and oxygen atoms in total. The Hall–Kier alpha value is -12.3. The van der Waals surface area contributed by atoms with E-state index in [-0.39, 0.29) is 0 Å².